The monoisotopic (exact) mass is 477 g/mol. The summed E-state index contributed by atoms with van der Waals surface area (Å²) < 4.78 is 17.1. The molecule has 5 rings (SSSR count). The standard InChI is InChI=1S/C26H24ClN3O4/c1-32-17-7-8-22-20(10-17)21(14-28-22)19(16-6-9-25(27)29-12-16)11-26(31)30-13-18-15-33-23-4-2-3-5-24(23)34-18/h2-10,12,14,18-19,28H,11,13,15H2,1H3,(H,30,31)/t18-,19+/m0/s1. The number of aromatic amines is 1. The molecule has 0 spiro atoms. The van der Waals surface area contributed by atoms with Gasteiger partial charge in [-0.3, -0.25) is 4.79 Å². The molecule has 0 bridgehead atoms. The average molecular weight is 478 g/mol. The Morgan fingerprint density at radius 2 is 2.09 bits per heavy atom. The number of hydrogen-bond donors (Lipinski definition) is 2. The number of nitrogens with one attached hydrogen (secondary N) is 2. The van der Waals surface area contributed by atoms with Crippen LogP contribution in [-0.4, -0.2) is 42.2 Å². The fraction of sp³-hybridized carbons (Fsp3) is 0.231. The first kappa shape index (κ1) is 22.1. The van der Waals surface area contributed by atoms with Crippen molar-refractivity contribution in [2.75, 3.05) is 20.3 Å². The van der Waals surface area contributed by atoms with E-state index in [0.717, 1.165) is 33.5 Å². The third-order valence-corrected chi connectivity index (χ3v) is 6.16. The molecule has 1 amide bonds. The van der Waals surface area contributed by atoms with Crippen molar-refractivity contribution < 1.29 is 19.0 Å². The number of carbonyl (C=O) groups excluding carboxylic acids is 1. The summed E-state index contributed by atoms with van der Waals surface area (Å²) in [5, 5.41) is 4.40. The maximum absolute atomic E-state index is 13.0. The van der Waals surface area contributed by atoms with Crippen molar-refractivity contribution in [2.24, 2.45) is 0 Å². The van der Waals surface area contributed by atoms with Gasteiger partial charge in [0.25, 0.3) is 0 Å². The molecule has 0 saturated carbocycles. The van der Waals surface area contributed by atoms with Crippen molar-refractivity contribution in [3.63, 3.8) is 0 Å². The van der Waals surface area contributed by atoms with Crippen LogP contribution in [0.25, 0.3) is 10.9 Å². The van der Waals surface area contributed by atoms with Crippen molar-refractivity contribution in [1.82, 2.24) is 15.3 Å². The van der Waals surface area contributed by atoms with E-state index in [1.807, 2.05) is 54.7 Å². The van der Waals surface area contributed by atoms with Crippen LogP contribution in [0.2, 0.25) is 5.15 Å². The Hall–Kier alpha value is -3.71. The number of H-pyrrole nitrogens is 1. The molecular weight excluding hydrogens is 454 g/mol. The molecule has 2 N–H and O–H groups in total. The maximum Gasteiger partial charge on any atom is 0.221 e. The largest absolute Gasteiger partial charge is 0.497 e. The average Bonchev–Trinajstić information content (AvgIpc) is 3.29. The Morgan fingerprint density at radius 1 is 1.24 bits per heavy atom. The highest BCUT2D eigenvalue weighted by Gasteiger charge is 2.25. The van der Waals surface area contributed by atoms with Crippen LogP contribution in [-0.2, 0) is 4.79 Å². The molecule has 2 aromatic heterocycles. The smallest absolute Gasteiger partial charge is 0.221 e. The molecule has 0 saturated heterocycles. The molecule has 1 aliphatic heterocycles. The topological polar surface area (TPSA) is 85.5 Å². The van der Waals surface area contributed by atoms with Gasteiger partial charge in [0.05, 0.1) is 13.7 Å². The number of methoxy groups -OCH3 is 1. The number of amides is 1. The Morgan fingerprint density at radius 3 is 2.88 bits per heavy atom. The second kappa shape index (κ2) is 9.65. The molecule has 2 atom stereocenters. The molecule has 0 radical (unpaired) electrons. The molecule has 4 aromatic rings. The number of carbonyl (C=O) groups is 1. The molecule has 0 unspecified atom stereocenters. The minimum atomic E-state index is -0.258. The second-order valence-electron chi connectivity index (χ2n) is 8.13. The van der Waals surface area contributed by atoms with E-state index >= 15 is 0 Å². The number of rotatable bonds is 7. The quantitative estimate of drug-likeness (QED) is 0.377. The summed E-state index contributed by atoms with van der Waals surface area (Å²) >= 11 is 6.01. The number of aromatic nitrogens is 2. The molecule has 0 fully saturated rings. The van der Waals surface area contributed by atoms with Crippen molar-refractivity contribution in [2.45, 2.75) is 18.4 Å². The summed E-state index contributed by atoms with van der Waals surface area (Å²) in [5.41, 5.74) is 2.85. The third-order valence-electron chi connectivity index (χ3n) is 5.93. The van der Waals surface area contributed by atoms with Crippen LogP contribution in [0.1, 0.15) is 23.5 Å². The Bertz CT molecular complexity index is 1310. The molecule has 174 valence electrons. The van der Waals surface area contributed by atoms with Crippen molar-refractivity contribution in [3.8, 4) is 17.2 Å². The van der Waals surface area contributed by atoms with Crippen molar-refractivity contribution >= 4 is 28.4 Å². The van der Waals surface area contributed by atoms with Gasteiger partial charge in [-0.1, -0.05) is 29.8 Å². The van der Waals surface area contributed by atoms with E-state index in [4.69, 9.17) is 25.8 Å². The van der Waals surface area contributed by atoms with Gasteiger partial charge in [-0.2, -0.15) is 0 Å². The van der Waals surface area contributed by atoms with Gasteiger partial charge in [0.15, 0.2) is 11.5 Å². The number of pyridine rings is 1. The van der Waals surface area contributed by atoms with Gasteiger partial charge >= 0.3 is 0 Å². The van der Waals surface area contributed by atoms with Gasteiger partial charge in [0.1, 0.15) is 23.6 Å². The minimum absolute atomic E-state index is 0.0975. The summed E-state index contributed by atoms with van der Waals surface area (Å²) in [7, 11) is 1.64. The fourth-order valence-electron chi connectivity index (χ4n) is 4.19. The zero-order valence-corrected chi connectivity index (χ0v) is 19.3. The molecule has 1 aliphatic rings. The Balaban J connectivity index is 1.34. The lowest BCUT2D eigenvalue weighted by molar-refractivity contribution is -0.121. The first-order valence-corrected chi connectivity index (χ1v) is 11.4. The normalized spacial score (nSPS) is 15.6. The first-order chi connectivity index (χ1) is 16.6. The Kier molecular flexibility index (Phi) is 6.27. The summed E-state index contributed by atoms with van der Waals surface area (Å²) in [5.74, 6) is 1.83. The number of halogens is 1. The van der Waals surface area contributed by atoms with Crippen molar-refractivity contribution in [1.29, 1.82) is 0 Å². The van der Waals surface area contributed by atoms with Gasteiger partial charge in [-0.25, -0.2) is 4.98 Å². The highest BCUT2D eigenvalue weighted by Crippen LogP contribution is 2.35. The number of para-hydroxylation sites is 2. The van der Waals surface area contributed by atoms with Crippen LogP contribution < -0.4 is 19.5 Å². The van der Waals surface area contributed by atoms with Gasteiger partial charge < -0.3 is 24.5 Å². The molecule has 0 aliphatic carbocycles. The second-order valence-corrected chi connectivity index (χ2v) is 8.52. The molecule has 2 aromatic carbocycles. The molecule has 8 heteroatoms. The minimum Gasteiger partial charge on any atom is -0.497 e. The van der Waals surface area contributed by atoms with Gasteiger partial charge in [0, 0.05) is 35.6 Å². The molecule has 3 heterocycles. The SMILES string of the molecule is COc1ccc2[nH]cc([C@H](CC(=O)NC[C@H]3COc4ccccc4O3)c3ccc(Cl)nc3)c2c1. The van der Waals surface area contributed by atoms with Gasteiger partial charge in [-0.15, -0.1) is 0 Å². The summed E-state index contributed by atoms with van der Waals surface area (Å²) in [6.07, 6.45) is 3.63. The number of hydrogen-bond acceptors (Lipinski definition) is 5. The fourth-order valence-corrected chi connectivity index (χ4v) is 4.30. The molecule has 34 heavy (non-hydrogen) atoms. The van der Waals surface area contributed by atoms with E-state index in [-0.39, 0.29) is 24.3 Å². The lowest BCUT2D eigenvalue weighted by Crippen LogP contribution is -2.41. The first-order valence-electron chi connectivity index (χ1n) is 11.0. The van der Waals surface area contributed by atoms with Crippen LogP contribution in [0.4, 0.5) is 0 Å². The van der Waals surface area contributed by atoms with E-state index < -0.39 is 0 Å². The summed E-state index contributed by atoms with van der Waals surface area (Å²) in [4.78, 5) is 20.6. The van der Waals surface area contributed by atoms with E-state index in [0.29, 0.717) is 24.1 Å². The number of benzene rings is 2. The predicted molar refractivity (Wildman–Crippen MR) is 130 cm³/mol. The zero-order chi connectivity index (χ0) is 23.5. The Labute approximate surface area is 202 Å². The lowest BCUT2D eigenvalue weighted by Gasteiger charge is -2.26. The zero-order valence-electron chi connectivity index (χ0n) is 18.6. The highest BCUT2D eigenvalue weighted by molar-refractivity contribution is 6.29. The number of fused-ring (bicyclic) bond motifs is 2. The maximum atomic E-state index is 13.0. The summed E-state index contributed by atoms with van der Waals surface area (Å²) in [6, 6.07) is 17.0. The van der Waals surface area contributed by atoms with Gasteiger partial charge in [-0.05, 0) is 47.5 Å². The van der Waals surface area contributed by atoms with Crippen molar-refractivity contribution in [3.05, 3.63) is 83.3 Å². The van der Waals surface area contributed by atoms with E-state index in [1.165, 1.54) is 0 Å². The van der Waals surface area contributed by atoms with Crippen LogP contribution in [0.3, 0.4) is 0 Å². The number of ether oxygens (including phenoxy) is 3. The van der Waals surface area contributed by atoms with Gasteiger partial charge in [0.2, 0.25) is 5.91 Å². The third kappa shape index (κ3) is 4.65. The van der Waals surface area contributed by atoms with Crippen LogP contribution in [0.15, 0.2) is 67.0 Å². The highest BCUT2D eigenvalue weighted by atomic mass is 35.5. The van der Waals surface area contributed by atoms with Crippen LogP contribution in [0.5, 0.6) is 17.2 Å². The number of nitrogens with zero attached hydrogens (tertiary/aromatic N) is 1. The van der Waals surface area contributed by atoms with E-state index in [2.05, 4.69) is 15.3 Å². The summed E-state index contributed by atoms with van der Waals surface area (Å²) in [6.45, 7) is 0.727. The molecular formula is C26H24ClN3O4. The molecule has 7 nitrogen and oxygen atoms in total. The van der Waals surface area contributed by atoms with E-state index in [9.17, 15) is 4.79 Å². The van der Waals surface area contributed by atoms with E-state index in [1.54, 1.807) is 19.4 Å². The van der Waals surface area contributed by atoms with Crippen LogP contribution in [0, 0.1) is 0 Å². The lowest BCUT2D eigenvalue weighted by atomic mass is 9.89. The predicted octanol–water partition coefficient (Wildman–Crippen LogP) is 4.70. The van der Waals surface area contributed by atoms with Crippen LogP contribution >= 0.6 is 11.6 Å².